The summed E-state index contributed by atoms with van der Waals surface area (Å²) in [7, 11) is 1.32. The van der Waals surface area contributed by atoms with E-state index in [2.05, 4.69) is 5.32 Å². The minimum absolute atomic E-state index is 0.0300. The molecule has 0 radical (unpaired) electrons. The van der Waals surface area contributed by atoms with Crippen LogP contribution in [0.5, 0.6) is 17.2 Å². The second-order valence-electron chi connectivity index (χ2n) is 6.77. The number of hydrogen-bond acceptors (Lipinski definition) is 6. The predicted octanol–water partition coefficient (Wildman–Crippen LogP) is 2.77. The number of carbonyl (C=O) groups excluding carboxylic acids is 2. The Hall–Kier alpha value is -3.46. The molecule has 2 amide bonds. The Morgan fingerprint density at radius 1 is 1.23 bits per heavy atom. The lowest BCUT2D eigenvalue weighted by Gasteiger charge is -2.17. The highest BCUT2D eigenvalue weighted by Crippen LogP contribution is 2.37. The van der Waals surface area contributed by atoms with Gasteiger partial charge in [0.2, 0.25) is 18.6 Å². The van der Waals surface area contributed by atoms with Gasteiger partial charge in [-0.3, -0.25) is 9.59 Å². The molecule has 2 aliphatic rings. The van der Waals surface area contributed by atoms with Crippen LogP contribution in [0.3, 0.4) is 0 Å². The Labute approximate surface area is 176 Å². The summed E-state index contributed by atoms with van der Waals surface area (Å²) in [6.45, 7) is 0.314. The van der Waals surface area contributed by atoms with Gasteiger partial charge in [0.15, 0.2) is 11.5 Å². The van der Waals surface area contributed by atoms with E-state index in [0.29, 0.717) is 17.2 Å². The molecule has 2 heterocycles. The number of amides is 2. The van der Waals surface area contributed by atoms with Crippen LogP contribution in [0.4, 0.5) is 11.4 Å². The number of benzene rings is 2. The fraction of sp³-hybridized carbons (Fsp3) is 0.250. The molecule has 10 heteroatoms. The minimum Gasteiger partial charge on any atom is -0.496 e. The third-order valence-corrected chi connectivity index (χ3v) is 5.25. The van der Waals surface area contributed by atoms with Crippen molar-refractivity contribution in [2.75, 3.05) is 30.7 Å². The van der Waals surface area contributed by atoms with Gasteiger partial charge in [-0.25, -0.2) is 4.79 Å². The zero-order chi connectivity index (χ0) is 21.4. The molecule has 0 aliphatic carbocycles. The van der Waals surface area contributed by atoms with E-state index in [-0.39, 0.29) is 47.7 Å². The Balaban J connectivity index is 1.50. The van der Waals surface area contributed by atoms with Crippen molar-refractivity contribution >= 4 is 40.8 Å². The topological polar surface area (TPSA) is 114 Å². The quantitative estimate of drug-likeness (QED) is 0.746. The molecule has 1 atom stereocenters. The SMILES string of the molecule is COc1cc(NC(=O)C2CC(=O)N(c3ccc4c(c3)OCO4)C2)c(Cl)cc1C(=O)O. The fourth-order valence-corrected chi connectivity index (χ4v) is 3.62. The van der Waals surface area contributed by atoms with Crippen LogP contribution in [0.15, 0.2) is 30.3 Å². The molecule has 2 aromatic rings. The number of methoxy groups -OCH3 is 1. The van der Waals surface area contributed by atoms with Gasteiger partial charge in [0.25, 0.3) is 0 Å². The van der Waals surface area contributed by atoms with Crippen molar-refractivity contribution in [3.05, 3.63) is 40.9 Å². The van der Waals surface area contributed by atoms with Gasteiger partial charge in [0.05, 0.1) is 23.7 Å². The van der Waals surface area contributed by atoms with E-state index in [0.717, 1.165) is 0 Å². The Morgan fingerprint density at radius 3 is 2.73 bits per heavy atom. The first-order valence-corrected chi connectivity index (χ1v) is 9.37. The maximum absolute atomic E-state index is 12.7. The second kappa shape index (κ2) is 7.75. The molecular weight excluding hydrogens is 416 g/mol. The highest BCUT2D eigenvalue weighted by molar-refractivity contribution is 6.34. The van der Waals surface area contributed by atoms with Gasteiger partial charge >= 0.3 is 5.97 Å². The number of halogens is 1. The van der Waals surface area contributed by atoms with Crippen LogP contribution in [-0.2, 0) is 9.59 Å². The van der Waals surface area contributed by atoms with Crippen LogP contribution in [0, 0.1) is 5.92 Å². The van der Waals surface area contributed by atoms with Crippen molar-refractivity contribution in [1.82, 2.24) is 0 Å². The summed E-state index contributed by atoms with van der Waals surface area (Å²) in [6, 6.07) is 7.70. The van der Waals surface area contributed by atoms with Gasteiger partial charge in [-0.15, -0.1) is 0 Å². The second-order valence-corrected chi connectivity index (χ2v) is 7.18. The third kappa shape index (κ3) is 3.59. The number of carboxylic acid groups (broad SMARTS) is 1. The van der Waals surface area contributed by atoms with E-state index < -0.39 is 17.8 Å². The molecule has 9 nitrogen and oxygen atoms in total. The molecule has 0 saturated carbocycles. The average Bonchev–Trinajstić information content (AvgIpc) is 3.34. The van der Waals surface area contributed by atoms with Gasteiger partial charge in [-0.2, -0.15) is 0 Å². The van der Waals surface area contributed by atoms with Crippen LogP contribution in [0.25, 0.3) is 0 Å². The highest BCUT2D eigenvalue weighted by atomic mass is 35.5. The maximum atomic E-state index is 12.7. The Kier molecular flexibility index (Phi) is 5.13. The van der Waals surface area contributed by atoms with Crippen molar-refractivity contribution in [3.8, 4) is 17.2 Å². The van der Waals surface area contributed by atoms with E-state index in [4.69, 9.17) is 25.8 Å². The molecule has 30 heavy (non-hydrogen) atoms. The van der Waals surface area contributed by atoms with E-state index in [1.54, 1.807) is 18.2 Å². The lowest BCUT2D eigenvalue weighted by atomic mass is 10.1. The van der Waals surface area contributed by atoms with Gasteiger partial charge in [0.1, 0.15) is 11.3 Å². The fourth-order valence-electron chi connectivity index (χ4n) is 3.41. The number of ether oxygens (including phenoxy) is 3. The standard InChI is InChI=1S/C20H17ClN2O7/c1-28-16-7-14(13(21)6-12(16)20(26)27)22-19(25)10-4-18(24)23(8-10)11-2-3-15-17(5-11)30-9-29-15/h2-3,5-7,10H,4,8-9H2,1H3,(H,22,25)(H,26,27). The zero-order valence-corrected chi connectivity index (χ0v) is 16.6. The summed E-state index contributed by atoms with van der Waals surface area (Å²) >= 11 is 6.12. The van der Waals surface area contributed by atoms with E-state index >= 15 is 0 Å². The number of aromatic carboxylic acids is 1. The summed E-state index contributed by atoms with van der Waals surface area (Å²) in [5.41, 5.74) is 0.702. The Morgan fingerprint density at radius 2 is 2.00 bits per heavy atom. The highest BCUT2D eigenvalue weighted by Gasteiger charge is 2.36. The molecule has 0 aromatic heterocycles. The van der Waals surface area contributed by atoms with Gasteiger partial charge in [-0.05, 0) is 18.2 Å². The lowest BCUT2D eigenvalue weighted by Crippen LogP contribution is -2.28. The van der Waals surface area contributed by atoms with Crippen molar-refractivity contribution in [1.29, 1.82) is 0 Å². The summed E-state index contributed by atoms with van der Waals surface area (Å²) in [4.78, 5) is 38.0. The zero-order valence-electron chi connectivity index (χ0n) is 15.8. The molecule has 2 aliphatic heterocycles. The van der Waals surface area contributed by atoms with Crippen molar-refractivity contribution in [3.63, 3.8) is 0 Å². The number of hydrogen-bond donors (Lipinski definition) is 2. The van der Waals surface area contributed by atoms with E-state index in [1.165, 1.54) is 24.1 Å². The Bertz CT molecular complexity index is 1060. The third-order valence-electron chi connectivity index (χ3n) is 4.94. The summed E-state index contributed by atoms with van der Waals surface area (Å²) in [5.74, 6) is -1.19. The smallest absolute Gasteiger partial charge is 0.339 e. The number of nitrogens with zero attached hydrogens (tertiary/aromatic N) is 1. The predicted molar refractivity (Wildman–Crippen MR) is 107 cm³/mol. The first kappa shape index (κ1) is 19.8. The first-order chi connectivity index (χ1) is 14.4. The largest absolute Gasteiger partial charge is 0.496 e. The number of carbonyl (C=O) groups is 3. The molecule has 2 aromatic carbocycles. The van der Waals surface area contributed by atoms with Gasteiger partial charge in [0, 0.05) is 30.8 Å². The van der Waals surface area contributed by atoms with Crippen LogP contribution in [0.2, 0.25) is 5.02 Å². The molecular formula is C20H17ClN2O7. The molecule has 2 N–H and O–H groups in total. The van der Waals surface area contributed by atoms with E-state index in [1.807, 2.05) is 0 Å². The van der Waals surface area contributed by atoms with Crippen molar-refractivity contribution < 1.29 is 33.7 Å². The number of carboxylic acids is 1. The van der Waals surface area contributed by atoms with Crippen molar-refractivity contribution in [2.24, 2.45) is 5.92 Å². The van der Waals surface area contributed by atoms with Crippen LogP contribution in [-0.4, -0.2) is 43.3 Å². The van der Waals surface area contributed by atoms with Gasteiger partial charge in [-0.1, -0.05) is 11.6 Å². The number of anilines is 2. The van der Waals surface area contributed by atoms with Crippen LogP contribution >= 0.6 is 11.6 Å². The molecule has 1 unspecified atom stereocenters. The first-order valence-electron chi connectivity index (χ1n) is 8.99. The molecule has 0 spiro atoms. The molecule has 0 bridgehead atoms. The minimum atomic E-state index is -1.20. The van der Waals surface area contributed by atoms with Crippen molar-refractivity contribution in [2.45, 2.75) is 6.42 Å². The molecule has 1 saturated heterocycles. The molecule has 1 fully saturated rings. The normalized spacial score (nSPS) is 17.2. The summed E-state index contributed by atoms with van der Waals surface area (Å²) in [5, 5.41) is 11.9. The average molecular weight is 433 g/mol. The number of fused-ring (bicyclic) bond motifs is 1. The van der Waals surface area contributed by atoms with Crippen LogP contribution in [0.1, 0.15) is 16.8 Å². The van der Waals surface area contributed by atoms with Gasteiger partial charge < -0.3 is 29.5 Å². The van der Waals surface area contributed by atoms with Crippen LogP contribution < -0.4 is 24.4 Å². The monoisotopic (exact) mass is 432 g/mol. The summed E-state index contributed by atoms with van der Waals surface area (Å²) in [6.07, 6.45) is 0.0300. The number of rotatable bonds is 5. The summed E-state index contributed by atoms with van der Waals surface area (Å²) < 4.78 is 15.7. The molecule has 4 rings (SSSR count). The molecule has 156 valence electrons. The lowest BCUT2D eigenvalue weighted by molar-refractivity contribution is -0.122. The maximum Gasteiger partial charge on any atom is 0.339 e. The van der Waals surface area contributed by atoms with E-state index in [9.17, 15) is 19.5 Å². The number of nitrogens with one attached hydrogen (secondary N) is 1.